The predicted molar refractivity (Wildman–Crippen MR) is 95.1 cm³/mol. The Bertz CT molecular complexity index is 997. The quantitative estimate of drug-likeness (QED) is 0.687. The number of para-hydroxylation sites is 1. The summed E-state index contributed by atoms with van der Waals surface area (Å²) in [5, 5.41) is 3.24. The summed E-state index contributed by atoms with van der Waals surface area (Å²) in [4.78, 5) is 24.0. The lowest BCUT2D eigenvalue weighted by Gasteiger charge is -2.19. The zero-order valence-electron chi connectivity index (χ0n) is 13.8. The molecule has 3 rings (SSSR count). The number of carbonyl (C=O) groups is 2. The Kier molecular flexibility index (Phi) is 4.84. The van der Waals surface area contributed by atoms with Crippen molar-refractivity contribution in [1.29, 1.82) is 0 Å². The third-order valence-corrected chi connectivity index (χ3v) is 4.10. The molecule has 0 aliphatic rings. The summed E-state index contributed by atoms with van der Waals surface area (Å²) in [7, 11) is 0.980. The number of amides is 2. The number of fused-ring (bicyclic) bond motifs is 1. The van der Waals surface area contributed by atoms with E-state index in [2.05, 4.69) is 5.32 Å². The largest absolute Gasteiger partial charge is 0.471 e. The lowest BCUT2D eigenvalue weighted by atomic mass is 10.2. The second-order valence-corrected chi connectivity index (χ2v) is 6.04. The van der Waals surface area contributed by atoms with Gasteiger partial charge in [-0.05, 0) is 30.3 Å². The monoisotopic (exact) mass is 396 g/mol. The molecule has 0 unspecified atom stereocenters. The van der Waals surface area contributed by atoms with E-state index in [1.807, 2.05) is 0 Å². The SMILES string of the molecule is CN(C(=O)C(F)(F)F)c1ccc(NC(=O)c2cc3ccccc3o2)c(Cl)c1. The molecule has 140 valence electrons. The van der Waals surface area contributed by atoms with Crippen LogP contribution in [0.4, 0.5) is 24.5 Å². The summed E-state index contributed by atoms with van der Waals surface area (Å²) in [5.41, 5.74) is 0.638. The highest BCUT2D eigenvalue weighted by molar-refractivity contribution is 6.34. The number of halogens is 4. The van der Waals surface area contributed by atoms with Gasteiger partial charge in [0.05, 0.1) is 10.7 Å². The van der Waals surface area contributed by atoms with Crippen molar-refractivity contribution >= 4 is 45.8 Å². The molecule has 0 bridgehead atoms. The summed E-state index contributed by atoms with van der Waals surface area (Å²) in [6.45, 7) is 0. The maximum absolute atomic E-state index is 12.5. The van der Waals surface area contributed by atoms with E-state index >= 15 is 0 Å². The van der Waals surface area contributed by atoms with Crippen LogP contribution in [0.15, 0.2) is 52.9 Å². The van der Waals surface area contributed by atoms with Crippen LogP contribution in [0.25, 0.3) is 11.0 Å². The molecule has 0 fully saturated rings. The summed E-state index contributed by atoms with van der Waals surface area (Å²) in [6.07, 6.45) is -5.00. The Balaban J connectivity index is 1.79. The topological polar surface area (TPSA) is 62.6 Å². The fraction of sp³-hybridized carbons (Fsp3) is 0.111. The summed E-state index contributed by atoms with van der Waals surface area (Å²) >= 11 is 6.04. The second kappa shape index (κ2) is 6.96. The number of furan rings is 1. The molecule has 2 aromatic carbocycles. The number of benzene rings is 2. The van der Waals surface area contributed by atoms with Crippen molar-refractivity contribution < 1.29 is 27.2 Å². The Labute approximate surface area is 156 Å². The second-order valence-electron chi connectivity index (χ2n) is 5.63. The molecule has 0 radical (unpaired) electrons. The van der Waals surface area contributed by atoms with Crippen LogP contribution in [-0.2, 0) is 4.79 Å². The minimum absolute atomic E-state index is 0.0289. The number of nitrogens with one attached hydrogen (secondary N) is 1. The minimum Gasteiger partial charge on any atom is -0.451 e. The first-order valence-electron chi connectivity index (χ1n) is 7.61. The number of nitrogens with zero attached hydrogens (tertiary/aromatic N) is 1. The first-order chi connectivity index (χ1) is 12.7. The summed E-state index contributed by atoms with van der Waals surface area (Å²) in [5.74, 6) is -2.54. The molecular formula is C18H12ClF3N2O3. The maximum atomic E-state index is 12.5. The molecule has 1 N–H and O–H groups in total. The normalized spacial score (nSPS) is 11.4. The average molecular weight is 397 g/mol. The summed E-state index contributed by atoms with van der Waals surface area (Å²) in [6, 6.07) is 12.3. The van der Waals surface area contributed by atoms with Crippen LogP contribution in [0.1, 0.15) is 10.6 Å². The number of rotatable bonds is 3. The van der Waals surface area contributed by atoms with Gasteiger partial charge in [-0.1, -0.05) is 29.8 Å². The lowest BCUT2D eigenvalue weighted by Crippen LogP contribution is -2.38. The third-order valence-electron chi connectivity index (χ3n) is 3.78. The van der Waals surface area contributed by atoms with E-state index in [0.717, 1.165) is 18.5 Å². The van der Waals surface area contributed by atoms with Crippen molar-refractivity contribution in [3.8, 4) is 0 Å². The van der Waals surface area contributed by atoms with Gasteiger partial charge in [-0.25, -0.2) is 0 Å². The number of anilines is 2. The minimum atomic E-state index is -5.00. The molecule has 0 atom stereocenters. The van der Waals surface area contributed by atoms with Crippen molar-refractivity contribution in [2.24, 2.45) is 0 Å². The van der Waals surface area contributed by atoms with Crippen LogP contribution in [0, 0.1) is 0 Å². The van der Waals surface area contributed by atoms with Gasteiger partial charge in [0.15, 0.2) is 5.76 Å². The zero-order chi connectivity index (χ0) is 19.8. The molecule has 27 heavy (non-hydrogen) atoms. The standard InChI is InChI=1S/C18H12ClF3N2O3/c1-24(17(26)18(20,21)22)11-6-7-13(12(19)9-11)23-16(25)15-8-10-4-2-3-5-14(10)27-15/h2-9H,1H3,(H,23,25). The fourth-order valence-corrected chi connectivity index (χ4v) is 2.62. The van der Waals surface area contributed by atoms with E-state index in [4.69, 9.17) is 16.0 Å². The molecule has 0 saturated heterocycles. The van der Waals surface area contributed by atoms with Crippen LogP contribution >= 0.6 is 11.6 Å². The third kappa shape index (κ3) is 3.90. The number of hydrogen-bond acceptors (Lipinski definition) is 3. The zero-order valence-corrected chi connectivity index (χ0v) is 14.6. The first-order valence-corrected chi connectivity index (χ1v) is 7.99. The van der Waals surface area contributed by atoms with Crippen LogP contribution < -0.4 is 10.2 Å². The molecule has 9 heteroatoms. The lowest BCUT2D eigenvalue weighted by molar-refractivity contribution is -0.170. The maximum Gasteiger partial charge on any atom is 0.471 e. The molecule has 1 aromatic heterocycles. The van der Waals surface area contributed by atoms with Gasteiger partial charge in [-0.15, -0.1) is 0 Å². The molecule has 0 aliphatic carbocycles. The molecule has 3 aromatic rings. The summed E-state index contributed by atoms with van der Waals surface area (Å²) < 4.78 is 43.0. The van der Waals surface area contributed by atoms with E-state index in [-0.39, 0.29) is 22.2 Å². The van der Waals surface area contributed by atoms with Crippen molar-refractivity contribution in [3.05, 3.63) is 59.3 Å². The van der Waals surface area contributed by atoms with Gasteiger partial charge in [0, 0.05) is 18.1 Å². The van der Waals surface area contributed by atoms with Crippen molar-refractivity contribution in [3.63, 3.8) is 0 Å². The highest BCUT2D eigenvalue weighted by Crippen LogP contribution is 2.30. The van der Waals surface area contributed by atoms with Gasteiger partial charge in [0.2, 0.25) is 0 Å². The smallest absolute Gasteiger partial charge is 0.451 e. The van der Waals surface area contributed by atoms with Crippen molar-refractivity contribution in [2.45, 2.75) is 6.18 Å². The number of alkyl halides is 3. The average Bonchev–Trinajstić information content (AvgIpc) is 3.05. The molecule has 0 spiro atoms. The highest BCUT2D eigenvalue weighted by atomic mass is 35.5. The Hall–Kier alpha value is -3.00. The molecule has 0 aliphatic heterocycles. The molecule has 0 saturated carbocycles. The first kappa shape index (κ1) is 18.8. The Morgan fingerprint density at radius 3 is 2.44 bits per heavy atom. The van der Waals surface area contributed by atoms with Crippen molar-refractivity contribution in [1.82, 2.24) is 0 Å². The van der Waals surface area contributed by atoms with E-state index in [1.165, 1.54) is 12.1 Å². The van der Waals surface area contributed by atoms with Gasteiger partial charge in [-0.2, -0.15) is 13.2 Å². The van der Waals surface area contributed by atoms with Crippen LogP contribution in [0.5, 0.6) is 0 Å². The molecule has 2 amide bonds. The Morgan fingerprint density at radius 1 is 1.11 bits per heavy atom. The predicted octanol–water partition coefficient (Wildman–Crippen LogP) is 4.86. The van der Waals surface area contributed by atoms with Crippen LogP contribution in [0.2, 0.25) is 5.02 Å². The van der Waals surface area contributed by atoms with Crippen LogP contribution in [0.3, 0.4) is 0 Å². The number of carbonyl (C=O) groups excluding carboxylic acids is 2. The van der Waals surface area contributed by atoms with Gasteiger partial charge >= 0.3 is 12.1 Å². The van der Waals surface area contributed by atoms with Crippen molar-refractivity contribution in [2.75, 3.05) is 17.3 Å². The molecule has 5 nitrogen and oxygen atoms in total. The van der Waals surface area contributed by atoms with E-state index in [9.17, 15) is 22.8 Å². The highest BCUT2D eigenvalue weighted by Gasteiger charge is 2.41. The molecular weight excluding hydrogens is 385 g/mol. The van der Waals surface area contributed by atoms with Crippen LogP contribution in [-0.4, -0.2) is 25.0 Å². The van der Waals surface area contributed by atoms with Gasteiger partial charge < -0.3 is 14.6 Å². The Morgan fingerprint density at radius 2 is 1.81 bits per heavy atom. The van der Waals surface area contributed by atoms with E-state index in [1.54, 1.807) is 30.3 Å². The van der Waals surface area contributed by atoms with E-state index < -0.39 is 18.0 Å². The molecule has 1 heterocycles. The fourth-order valence-electron chi connectivity index (χ4n) is 2.40. The van der Waals surface area contributed by atoms with Gasteiger partial charge in [0.1, 0.15) is 5.58 Å². The van der Waals surface area contributed by atoms with E-state index in [0.29, 0.717) is 10.5 Å². The number of hydrogen-bond donors (Lipinski definition) is 1. The van der Waals surface area contributed by atoms with Gasteiger partial charge in [0.25, 0.3) is 5.91 Å². The van der Waals surface area contributed by atoms with Gasteiger partial charge in [-0.3, -0.25) is 9.59 Å².